The van der Waals surface area contributed by atoms with Crippen LogP contribution in [0.3, 0.4) is 0 Å². The number of ketones is 1. The number of hydrogen-bond acceptors (Lipinski definition) is 6. The zero-order valence-corrected chi connectivity index (χ0v) is 17.9. The third-order valence-electron chi connectivity index (χ3n) is 6.97. The Balaban J connectivity index is 1.58. The molecule has 2 aromatic rings. The SMILES string of the molecule is O=CN1CCC(C(=O)C2CNCC3C(=O)OC(c4ccccc4)(c4ccccc4)N32)CC1. The molecule has 5 rings (SSSR count). The van der Waals surface area contributed by atoms with Crippen molar-refractivity contribution >= 4 is 18.2 Å². The second-order valence-electron chi connectivity index (χ2n) is 8.71. The van der Waals surface area contributed by atoms with E-state index in [0.717, 1.165) is 17.5 Å². The van der Waals surface area contributed by atoms with Crippen LogP contribution in [0.1, 0.15) is 24.0 Å². The monoisotopic (exact) mass is 433 g/mol. The molecule has 1 N–H and O–H groups in total. The minimum Gasteiger partial charge on any atom is -0.434 e. The molecule has 0 spiro atoms. The van der Waals surface area contributed by atoms with Crippen molar-refractivity contribution in [2.24, 2.45) is 5.92 Å². The lowest BCUT2D eigenvalue weighted by Gasteiger charge is -2.46. The fraction of sp³-hybridized carbons (Fsp3) is 0.400. The molecule has 3 aliphatic heterocycles. The molecule has 3 fully saturated rings. The van der Waals surface area contributed by atoms with Gasteiger partial charge in [0.1, 0.15) is 6.04 Å². The van der Waals surface area contributed by atoms with E-state index in [2.05, 4.69) is 5.32 Å². The molecule has 0 aromatic heterocycles. The maximum absolute atomic E-state index is 13.8. The van der Waals surface area contributed by atoms with Gasteiger partial charge in [-0.2, -0.15) is 0 Å². The molecule has 2 unspecified atom stereocenters. The predicted molar refractivity (Wildman–Crippen MR) is 117 cm³/mol. The van der Waals surface area contributed by atoms with Crippen LogP contribution in [0, 0.1) is 5.92 Å². The number of esters is 1. The van der Waals surface area contributed by atoms with Crippen LogP contribution in [-0.2, 0) is 24.8 Å². The van der Waals surface area contributed by atoms with Gasteiger partial charge in [0.05, 0.1) is 6.04 Å². The summed E-state index contributed by atoms with van der Waals surface area (Å²) in [6.45, 7) is 2.07. The second kappa shape index (κ2) is 8.48. The third-order valence-corrected chi connectivity index (χ3v) is 6.97. The highest BCUT2D eigenvalue weighted by molar-refractivity contribution is 5.89. The van der Waals surface area contributed by atoms with Gasteiger partial charge in [0.25, 0.3) is 0 Å². The summed E-state index contributed by atoms with van der Waals surface area (Å²) < 4.78 is 6.21. The molecular weight excluding hydrogens is 406 g/mol. The second-order valence-corrected chi connectivity index (χ2v) is 8.71. The molecule has 3 saturated heterocycles. The number of amides is 1. The van der Waals surface area contributed by atoms with Crippen LogP contribution >= 0.6 is 0 Å². The maximum atomic E-state index is 13.8. The van der Waals surface area contributed by atoms with Crippen molar-refractivity contribution in [3.8, 4) is 0 Å². The number of fused-ring (bicyclic) bond motifs is 1. The van der Waals surface area contributed by atoms with Gasteiger partial charge in [0.2, 0.25) is 12.1 Å². The summed E-state index contributed by atoms with van der Waals surface area (Å²) in [7, 11) is 0. The number of benzene rings is 2. The molecule has 0 aliphatic carbocycles. The van der Waals surface area contributed by atoms with E-state index in [0.29, 0.717) is 39.0 Å². The van der Waals surface area contributed by atoms with E-state index < -0.39 is 17.8 Å². The summed E-state index contributed by atoms with van der Waals surface area (Å²) in [6, 6.07) is 18.3. The van der Waals surface area contributed by atoms with Crippen LogP contribution in [0.2, 0.25) is 0 Å². The largest absolute Gasteiger partial charge is 0.434 e. The molecule has 32 heavy (non-hydrogen) atoms. The van der Waals surface area contributed by atoms with Crippen LogP contribution < -0.4 is 5.32 Å². The predicted octanol–water partition coefficient (Wildman–Crippen LogP) is 1.52. The van der Waals surface area contributed by atoms with Gasteiger partial charge in [0, 0.05) is 43.2 Å². The zero-order chi connectivity index (χ0) is 22.1. The lowest BCUT2D eigenvalue weighted by Crippen LogP contribution is -2.65. The van der Waals surface area contributed by atoms with E-state index in [-0.39, 0.29) is 17.7 Å². The van der Waals surface area contributed by atoms with E-state index >= 15 is 0 Å². The van der Waals surface area contributed by atoms with E-state index in [1.807, 2.05) is 65.6 Å². The van der Waals surface area contributed by atoms with Gasteiger partial charge in [-0.05, 0) is 12.8 Å². The highest BCUT2D eigenvalue weighted by atomic mass is 16.6. The standard InChI is InChI=1S/C25H27N3O4/c29-17-27-13-11-18(12-14-27)23(30)21-15-26-16-22-24(31)32-25(28(21)22,19-7-3-1-4-8-19)20-9-5-2-6-10-20/h1-10,17-18,21-22,26H,11-16H2. The average molecular weight is 434 g/mol. The summed E-state index contributed by atoms with van der Waals surface area (Å²) in [6.07, 6.45) is 2.14. The minimum absolute atomic E-state index is 0.113. The topological polar surface area (TPSA) is 79.0 Å². The van der Waals surface area contributed by atoms with Gasteiger partial charge >= 0.3 is 5.97 Å². The van der Waals surface area contributed by atoms with Gasteiger partial charge < -0.3 is 15.0 Å². The Morgan fingerprint density at radius 1 is 0.969 bits per heavy atom. The smallest absolute Gasteiger partial charge is 0.327 e. The number of hydrogen-bond donors (Lipinski definition) is 1. The third kappa shape index (κ3) is 3.32. The average Bonchev–Trinajstić information content (AvgIpc) is 3.18. The summed E-state index contributed by atoms with van der Waals surface area (Å²) >= 11 is 0. The Labute approximate surface area is 187 Å². The van der Waals surface area contributed by atoms with E-state index in [9.17, 15) is 14.4 Å². The fourth-order valence-electron chi connectivity index (χ4n) is 5.38. The molecule has 3 aliphatic rings. The molecule has 7 nitrogen and oxygen atoms in total. The number of ether oxygens (including phenoxy) is 1. The number of likely N-dealkylation sites (tertiary alicyclic amines) is 1. The number of piperidine rings is 1. The summed E-state index contributed by atoms with van der Waals surface area (Å²) in [5.74, 6) is -0.350. The number of Topliss-reactive ketones (excluding diaryl/α,β-unsaturated/α-hetero) is 1. The molecular formula is C25H27N3O4. The van der Waals surface area contributed by atoms with E-state index in [1.165, 1.54) is 0 Å². The quantitative estimate of drug-likeness (QED) is 0.569. The normalized spacial score (nSPS) is 25.8. The zero-order valence-electron chi connectivity index (χ0n) is 17.9. The summed E-state index contributed by atoms with van der Waals surface area (Å²) in [4.78, 5) is 41.7. The lowest BCUT2D eigenvalue weighted by molar-refractivity contribution is -0.153. The molecule has 2 atom stereocenters. The number of nitrogens with zero attached hydrogens (tertiary/aromatic N) is 2. The maximum Gasteiger partial charge on any atom is 0.327 e. The Morgan fingerprint density at radius 3 is 2.12 bits per heavy atom. The van der Waals surface area contributed by atoms with Crippen molar-refractivity contribution in [2.45, 2.75) is 30.7 Å². The number of carbonyl (C=O) groups excluding carboxylic acids is 3. The summed E-state index contributed by atoms with van der Waals surface area (Å²) in [5, 5.41) is 3.29. The Kier molecular flexibility index (Phi) is 5.53. The van der Waals surface area contributed by atoms with Crippen LogP contribution in [0.5, 0.6) is 0 Å². The van der Waals surface area contributed by atoms with E-state index in [1.54, 1.807) is 4.90 Å². The molecule has 1 amide bonds. The van der Waals surface area contributed by atoms with Gasteiger partial charge in [-0.3, -0.25) is 14.4 Å². The highest BCUT2D eigenvalue weighted by Gasteiger charge is 2.60. The Morgan fingerprint density at radius 2 is 1.56 bits per heavy atom. The van der Waals surface area contributed by atoms with Crippen LogP contribution in [0.15, 0.2) is 60.7 Å². The summed E-state index contributed by atoms with van der Waals surface area (Å²) in [5.41, 5.74) is 0.506. The first-order valence-corrected chi connectivity index (χ1v) is 11.2. The first-order chi connectivity index (χ1) is 15.6. The van der Waals surface area contributed by atoms with Gasteiger partial charge in [0.15, 0.2) is 5.78 Å². The van der Waals surface area contributed by atoms with Crippen LogP contribution in [0.25, 0.3) is 0 Å². The molecule has 0 radical (unpaired) electrons. The van der Waals surface area contributed by atoms with Crippen molar-refractivity contribution < 1.29 is 19.1 Å². The number of carbonyl (C=O) groups is 3. The van der Waals surface area contributed by atoms with Crippen molar-refractivity contribution in [3.63, 3.8) is 0 Å². The van der Waals surface area contributed by atoms with Gasteiger partial charge in [-0.25, -0.2) is 4.90 Å². The molecule has 0 bridgehead atoms. The highest BCUT2D eigenvalue weighted by Crippen LogP contribution is 2.46. The minimum atomic E-state index is -1.16. The molecule has 166 valence electrons. The van der Waals surface area contributed by atoms with Crippen LogP contribution in [-0.4, -0.2) is 66.2 Å². The van der Waals surface area contributed by atoms with Crippen molar-refractivity contribution in [1.29, 1.82) is 0 Å². The van der Waals surface area contributed by atoms with Gasteiger partial charge in [-0.15, -0.1) is 0 Å². The fourth-order valence-corrected chi connectivity index (χ4v) is 5.38. The van der Waals surface area contributed by atoms with Crippen LogP contribution in [0.4, 0.5) is 0 Å². The van der Waals surface area contributed by atoms with Crippen molar-refractivity contribution in [2.75, 3.05) is 26.2 Å². The molecule has 0 saturated carbocycles. The lowest BCUT2D eigenvalue weighted by atomic mass is 9.84. The van der Waals surface area contributed by atoms with Crippen molar-refractivity contribution in [1.82, 2.24) is 15.1 Å². The van der Waals surface area contributed by atoms with E-state index in [4.69, 9.17) is 4.74 Å². The molecule has 7 heteroatoms. The molecule has 3 heterocycles. The first kappa shape index (κ1) is 20.8. The Bertz CT molecular complexity index is 949. The van der Waals surface area contributed by atoms with Crippen molar-refractivity contribution in [3.05, 3.63) is 71.8 Å². The number of rotatable bonds is 5. The van der Waals surface area contributed by atoms with Gasteiger partial charge in [-0.1, -0.05) is 60.7 Å². The number of cyclic esters (lactones) is 1. The number of piperazine rings is 1. The molecule has 2 aromatic carbocycles. The first-order valence-electron chi connectivity index (χ1n) is 11.2. The number of nitrogens with one attached hydrogen (secondary N) is 1. The Hall–Kier alpha value is -3.03.